The molecule has 9 nitrogen and oxygen atoms in total. The number of imidazole rings is 1. The van der Waals surface area contributed by atoms with Gasteiger partial charge < -0.3 is 15.0 Å². The minimum absolute atomic E-state index is 0.130. The second-order valence-corrected chi connectivity index (χ2v) is 5.43. The van der Waals surface area contributed by atoms with Gasteiger partial charge in [0.1, 0.15) is 18.1 Å². The van der Waals surface area contributed by atoms with Crippen molar-refractivity contribution in [1.29, 1.82) is 0 Å². The summed E-state index contributed by atoms with van der Waals surface area (Å²) in [6, 6.07) is 0. The predicted molar refractivity (Wildman–Crippen MR) is 72.0 cm³/mol. The molecule has 1 fully saturated rings. The Bertz CT molecular complexity index is 647. The van der Waals surface area contributed by atoms with Gasteiger partial charge in [-0.1, -0.05) is 0 Å². The SMILES string of the molecule is Nc1ncnc2c1ncn2[C@H]1CC[C@@H](CO[PH](N)=O)O1. The average molecular weight is 298 g/mol. The zero-order valence-electron chi connectivity index (χ0n) is 10.6. The van der Waals surface area contributed by atoms with E-state index in [0.29, 0.717) is 17.0 Å². The van der Waals surface area contributed by atoms with Gasteiger partial charge >= 0.3 is 0 Å². The van der Waals surface area contributed by atoms with E-state index < -0.39 is 8.18 Å². The highest BCUT2D eigenvalue weighted by atomic mass is 31.1. The van der Waals surface area contributed by atoms with Gasteiger partial charge in [0, 0.05) is 0 Å². The second-order valence-electron chi connectivity index (χ2n) is 4.50. The first-order valence-corrected chi connectivity index (χ1v) is 7.55. The summed E-state index contributed by atoms with van der Waals surface area (Å²) in [6.07, 6.45) is 4.29. The molecule has 1 saturated heterocycles. The minimum atomic E-state index is -2.42. The van der Waals surface area contributed by atoms with Crippen LogP contribution in [-0.2, 0) is 13.8 Å². The van der Waals surface area contributed by atoms with E-state index in [9.17, 15) is 4.57 Å². The number of hydrogen-bond acceptors (Lipinski definition) is 7. The highest BCUT2D eigenvalue weighted by molar-refractivity contribution is 7.36. The summed E-state index contributed by atoms with van der Waals surface area (Å²) >= 11 is 0. The van der Waals surface area contributed by atoms with Crippen molar-refractivity contribution in [2.75, 3.05) is 12.3 Å². The molecule has 10 heteroatoms. The number of nitrogens with two attached hydrogens (primary N) is 2. The zero-order valence-corrected chi connectivity index (χ0v) is 11.6. The van der Waals surface area contributed by atoms with Gasteiger partial charge in [-0.25, -0.2) is 15.0 Å². The molecule has 108 valence electrons. The third-order valence-corrected chi connectivity index (χ3v) is 3.65. The topological polar surface area (TPSA) is 131 Å². The summed E-state index contributed by atoms with van der Waals surface area (Å²) in [6.45, 7) is 0.231. The number of rotatable bonds is 4. The van der Waals surface area contributed by atoms with Gasteiger partial charge in [0.25, 0.3) is 8.18 Å². The number of nitrogens with zero attached hydrogens (tertiary/aromatic N) is 4. The van der Waals surface area contributed by atoms with Gasteiger partial charge in [0.2, 0.25) is 0 Å². The molecule has 4 N–H and O–H groups in total. The van der Waals surface area contributed by atoms with Crippen LogP contribution in [0.15, 0.2) is 12.7 Å². The molecule has 0 amide bonds. The number of anilines is 1. The highest BCUT2D eigenvalue weighted by Crippen LogP contribution is 2.31. The third-order valence-electron chi connectivity index (χ3n) is 3.19. The van der Waals surface area contributed by atoms with Crippen LogP contribution >= 0.6 is 8.18 Å². The largest absolute Gasteiger partial charge is 0.382 e. The van der Waals surface area contributed by atoms with Crippen LogP contribution in [0.5, 0.6) is 0 Å². The van der Waals surface area contributed by atoms with Crippen LogP contribution < -0.4 is 11.2 Å². The van der Waals surface area contributed by atoms with Crippen LogP contribution in [0.2, 0.25) is 0 Å². The molecule has 2 aromatic rings. The number of ether oxygens (including phenoxy) is 1. The van der Waals surface area contributed by atoms with Crippen LogP contribution in [0.1, 0.15) is 19.1 Å². The van der Waals surface area contributed by atoms with Gasteiger partial charge in [0.05, 0.1) is 19.0 Å². The molecule has 0 radical (unpaired) electrons. The lowest BCUT2D eigenvalue weighted by atomic mass is 10.2. The Morgan fingerprint density at radius 1 is 1.45 bits per heavy atom. The maximum absolute atomic E-state index is 10.8. The monoisotopic (exact) mass is 298 g/mol. The van der Waals surface area contributed by atoms with Gasteiger partial charge in [-0.15, -0.1) is 0 Å². The zero-order chi connectivity index (χ0) is 14.1. The first-order valence-electron chi connectivity index (χ1n) is 6.16. The summed E-state index contributed by atoms with van der Waals surface area (Å²) in [7, 11) is -2.42. The minimum Gasteiger partial charge on any atom is -0.382 e. The Labute approximate surface area is 115 Å². The van der Waals surface area contributed by atoms with Crippen LogP contribution in [0.4, 0.5) is 5.82 Å². The van der Waals surface area contributed by atoms with Crippen LogP contribution in [0, 0.1) is 0 Å². The quantitative estimate of drug-likeness (QED) is 0.778. The maximum Gasteiger partial charge on any atom is 0.255 e. The molecule has 3 heterocycles. The molecule has 3 rings (SSSR count). The number of aromatic nitrogens is 4. The van der Waals surface area contributed by atoms with Gasteiger partial charge in [0.15, 0.2) is 11.5 Å². The van der Waals surface area contributed by atoms with E-state index in [-0.39, 0.29) is 18.9 Å². The Morgan fingerprint density at radius 2 is 2.30 bits per heavy atom. The van der Waals surface area contributed by atoms with E-state index in [4.69, 9.17) is 20.5 Å². The maximum atomic E-state index is 10.8. The number of nitrogen functional groups attached to an aromatic ring is 1. The van der Waals surface area contributed by atoms with E-state index in [2.05, 4.69) is 15.0 Å². The Morgan fingerprint density at radius 3 is 3.10 bits per heavy atom. The lowest BCUT2D eigenvalue weighted by Gasteiger charge is -2.14. The number of hydrogen-bond donors (Lipinski definition) is 2. The fraction of sp³-hybridized carbons (Fsp3) is 0.500. The van der Waals surface area contributed by atoms with Crippen molar-refractivity contribution >= 4 is 25.2 Å². The first-order chi connectivity index (χ1) is 9.65. The fourth-order valence-corrected chi connectivity index (χ4v) is 2.62. The van der Waals surface area contributed by atoms with Gasteiger partial charge in [-0.3, -0.25) is 14.6 Å². The standard InChI is InChI=1S/C10H15N6O3P/c11-9-8-10(14-4-13-9)16(5-15-8)7-2-1-6(19-7)3-18-20(12)17/h4-7,20H,1-3H2,(H2,12,17)(H2,11,13,14)/t6-,7+/m0/s1. The normalized spacial score (nSPS) is 24.2. The fourth-order valence-electron chi connectivity index (χ4n) is 2.27. The van der Waals surface area contributed by atoms with Crippen LogP contribution in [0.3, 0.4) is 0 Å². The summed E-state index contributed by atoms with van der Waals surface area (Å²) in [5.74, 6) is 0.341. The lowest BCUT2D eigenvalue weighted by molar-refractivity contribution is -0.0147. The summed E-state index contributed by atoms with van der Waals surface area (Å²) in [5, 5.41) is 0. The Kier molecular flexibility index (Phi) is 3.66. The second kappa shape index (κ2) is 5.45. The van der Waals surface area contributed by atoms with Crippen molar-refractivity contribution in [3.8, 4) is 0 Å². The lowest BCUT2D eigenvalue weighted by Crippen LogP contribution is -2.15. The van der Waals surface area contributed by atoms with Crippen molar-refractivity contribution in [3.63, 3.8) is 0 Å². The molecule has 0 aliphatic carbocycles. The van der Waals surface area contributed by atoms with E-state index in [1.54, 1.807) is 6.33 Å². The predicted octanol–water partition coefficient (Wildman–Crippen LogP) is 0.451. The Balaban J connectivity index is 1.76. The van der Waals surface area contributed by atoms with Crippen molar-refractivity contribution in [1.82, 2.24) is 19.5 Å². The average Bonchev–Trinajstić information content (AvgIpc) is 3.02. The highest BCUT2D eigenvalue weighted by Gasteiger charge is 2.28. The van der Waals surface area contributed by atoms with E-state index in [1.807, 2.05) is 4.57 Å². The smallest absolute Gasteiger partial charge is 0.255 e. The first kappa shape index (κ1) is 13.4. The summed E-state index contributed by atoms with van der Waals surface area (Å²) in [5.41, 5.74) is 12.1. The van der Waals surface area contributed by atoms with Crippen molar-refractivity contribution < 1.29 is 13.8 Å². The molecule has 0 bridgehead atoms. The Hall–Kier alpha value is -1.54. The van der Waals surface area contributed by atoms with Gasteiger partial charge in [-0.05, 0) is 12.8 Å². The molecule has 2 aromatic heterocycles. The molecule has 0 saturated carbocycles. The molecule has 3 atom stereocenters. The number of fused-ring (bicyclic) bond motifs is 1. The van der Waals surface area contributed by atoms with Crippen LogP contribution in [0.25, 0.3) is 11.2 Å². The third kappa shape index (κ3) is 2.53. The summed E-state index contributed by atoms with van der Waals surface area (Å²) < 4.78 is 23.3. The van der Waals surface area contributed by atoms with Crippen molar-refractivity contribution in [2.24, 2.45) is 5.50 Å². The van der Waals surface area contributed by atoms with Gasteiger partial charge in [-0.2, -0.15) is 0 Å². The molecular weight excluding hydrogens is 283 g/mol. The molecule has 1 unspecified atom stereocenters. The summed E-state index contributed by atoms with van der Waals surface area (Å²) in [4.78, 5) is 12.3. The van der Waals surface area contributed by atoms with E-state index in [1.165, 1.54) is 6.33 Å². The van der Waals surface area contributed by atoms with Crippen molar-refractivity contribution in [2.45, 2.75) is 25.2 Å². The van der Waals surface area contributed by atoms with Crippen molar-refractivity contribution in [3.05, 3.63) is 12.7 Å². The van der Waals surface area contributed by atoms with E-state index in [0.717, 1.165) is 12.8 Å². The molecule has 0 aromatic carbocycles. The molecule has 1 aliphatic rings. The molecule has 1 aliphatic heterocycles. The van der Waals surface area contributed by atoms with E-state index >= 15 is 0 Å². The van der Waals surface area contributed by atoms with Crippen LogP contribution in [-0.4, -0.2) is 32.2 Å². The molecular formula is C10H15N6O3P. The molecule has 20 heavy (non-hydrogen) atoms. The molecule has 0 spiro atoms.